The number of hydrogen-bond acceptors (Lipinski definition) is 3. The van der Waals surface area contributed by atoms with E-state index in [0.717, 1.165) is 10.2 Å². The molecule has 0 heterocycles. The quantitative estimate of drug-likeness (QED) is 0.871. The van der Waals surface area contributed by atoms with Crippen molar-refractivity contribution in [1.29, 1.82) is 0 Å². The summed E-state index contributed by atoms with van der Waals surface area (Å²) in [5, 5.41) is 12.6. The minimum atomic E-state index is -0.443. The highest BCUT2D eigenvalue weighted by molar-refractivity contribution is 9.10. The van der Waals surface area contributed by atoms with E-state index in [9.17, 15) is 9.50 Å². The third-order valence-electron chi connectivity index (χ3n) is 2.95. The van der Waals surface area contributed by atoms with Crippen LogP contribution in [0.4, 0.5) is 10.1 Å². The van der Waals surface area contributed by atoms with Crippen LogP contribution in [0.5, 0.6) is 5.75 Å². The molecule has 0 saturated carbocycles. The average molecular weight is 340 g/mol. The molecule has 5 heteroatoms. The predicted octanol–water partition coefficient (Wildman–Crippen LogP) is 3.74. The van der Waals surface area contributed by atoms with Crippen LogP contribution >= 0.6 is 15.9 Å². The van der Waals surface area contributed by atoms with Gasteiger partial charge < -0.3 is 15.2 Å². The number of hydrogen-bond donors (Lipinski definition) is 2. The summed E-state index contributed by atoms with van der Waals surface area (Å²) in [7, 11) is 1.42. The first kappa shape index (κ1) is 14.8. The summed E-state index contributed by atoms with van der Waals surface area (Å²) >= 11 is 3.36. The Morgan fingerprint density at radius 1 is 1.25 bits per heavy atom. The summed E-state index contributed by atoms with van der Waals surface area (Å²) in [5.74, 6) is -0.255. The Morgan fingerprint density at radius 3 is 2.50 bits per heavy atom. The summed E-state index contributed by atoms with van der Waals surface area (Å²) in [4.78, 5) is 0. The van der Waals surface area contributed by atoms with E-state index in [1.807, 2.05) is 24.3 Å². The lowest BCUT2D eigenvalue weighted by molar-refractivity contribution is 0.276. The molecule has 0 aliphatic rings. The minimum Gasteiger partial charge on any atom is -0.494 e. The van der Waals surface area contributed by atoms with E-state index >= 15 is 0 Å². The highest BCUT2D eigenvalue weighted by atomic mass is 79.9. The van der Waals surface area contributed by atoms with Gasteiger partial charge in [0.1, 0.15) is 0 Å². The maximum atomic E-state index is 13.7. The lowest BCUT2D eigenvalue weighted by Crippen LogP contribution is -2.15. The molecule has 0 bridgehead atoms. The molecule has 0 fully saturated rings. The minimum absolute atomic E-state index is 0.137. The second-order valence-electron chi connectivity index (χ2n) is 4.28. The summed E-state index contributed by atoms with van der Waals surface area (Å²) in [6.45, 7) is -0.137. The van der Waals surface area contributed by atoms with Crippen molar-refractivity contribution in [2.45, 2.75) is 6.04 Å². The van der Waals surface area contributed by atoms with Crippen LogP contribution in [0, 0.1) is 5.82 Å². The summed E-state index contributed by atoms with van der Waals surface area (Å²) in [6, 6.07) is 11.8. The van der Waals surface area contributed by atoms with Crippen molar-refractivity contribution in [3.8, 4) is 5.75 Å². The van der Waals surface area contributed by atoms with Crippen molar-refractivity contribution in [2.24, 2.45) is 0 Å². The van der Waals surface area contributed by atoms with E-state index in [-0.39, 0.29) is 18.4 Å². The number of rotatable bonds is 5. The molecule has 0 radical (unpaired) electrons. The maximum Gasteiger partial charge on any atom is 0.165 e. The van der Waals surface area contributed by atoms with Gasteiger partial charge in [-0.2, -0.15) is 0 Å². The van der Waals surface area contributed by atoms with Gasteiger partial charge in [-0.3, -0.25) is 0 Å². The third-order valence-corrected chi connectivity index (χ3v) is 3.47. The second-order valence-corrected chi connectivity index (χ2v) is 5.20. The lowest BCUT2D eigenvalue weighted by Gasteiger charge is -2.18. The van der Waals surface area contributed by atoms with Crippen LogP contribution in [0.3, 0.4) is 0 Å². The zero-order valence-corrected chi connectivity index (χ0v) is 12.5. The zero-order chi connectivity index (χ0) is 14.5. The van der Waals surface area contributed by atoms with Crippen LogP contribution in [0.2, 0.25) is 0 Å². The van der Waals surface area contributed by atoms with E-state index in [2.05, 4.69) is 21.2 Å². The highest BCUT2D eigenvalue weighted by Crippen LogP contribution is 2.25. The number of halogens is 2. The Morgan fingerprint density at radius 2 is 1.95 bits per heavy atom. The number of benzene rings is 2. The van der Waals surface area contributed by atoms with Crippen molar-refractivity contribution in [3.05, 3.63) is 58.3 Å². The van der Waals surface area contributed by atoms with E-state index in [1.54, 1.807) is 12.1 Å². The van der Waals surface area contributed by atoms with Gasteiger partial charge in [0.25, 0.3) is 0 Å². The number of methoxy groups -OCH3 is 1. The maximum absolute atomic E-state index is 13.7. The number of aliphatic hydroxyl groups excluding tert-OH is 1. The Hall–Kier alpha value is -1.59. The molecule has 2 N–H and O–H groups in total. The number of ether oxygens (including phenoxy) is 1. The van der Waals surface area contributed by atoms with E-state index in [0.29, 0.717) is 5.56 Å². The average Bonchev–Trinajstić information content (AvgIpc) is 2.46. The topological polar surface area (TPSA) is 41.5 Å². The predicted molar refractivity (Wildman–Crippen MR) is 80.5 cm³/mol. The Bertz CT molecular complexity index is 575. The molecule has 2 aromatic rings. The van der Waals surface area contributed by atoms with Gasteiger partial charge in [0.05, 0.1) is 19.8 Å². The number of aliphatic hydroxyl groups is 1. The normalized spacial score (nSPS) is 12.0. The molecule has 0 aliphatic heterocycles. The van der Waals surface area contributed by atoms with Gasteiger partial charge in [-0.25, -0.2) is 4.39 Å². The molecule has 1 atom stereocenters. The van der Waals surface area contributed by atoms with Crippen molar-refractivity contribution in [1.82, 2.24) is 0 Å². The number of nitrogens with one attached hydrogen (secondary N) is 1. The molecule has 0 saturated heterocycles. The fraction of sp³-hybridized carbons (Fsp3) is 0.200. The molecule has 0 aliphatic carbocycles. The Balaban J connectivity index is 2.19. The van der Waals surface area contributed by atoms with Gasteiger partial charge >= 0.3 is 0 Å². The SMILES string of the molecule is COc1ccc(C(CO)Nc2ccc(Br)cc2)cc1F. The number of anilines is 1. The third kappa shape index (κ3) is 3.49. The van der Waals surface area contributed by atoms with Gasteiger partial charge in [-0.1, -0.05) is 22.0 Å². The van der Waals surface area contributed by atoms with E-state index in [4.69, 9.17) is 4.74 Å². The van der Waals surface area contributed by atoms with E-state index < -0.39 is 5.82 Å². The van der Waals surface area contributed by atoms with Crippen molar-refractivity contribution >= 4 is 21.6 Å². The van der Waals surface area contributed by atoms with Crippen molar-refractivity contribution in [3.63, 3.8) is 0 Å². The lowest BCUT2D eigenvalue weighted by atomic mass is 10.1. The molecule has 106 valence electrons. The first-order valence-corrected chi connectivity index (χ1v) is 6.89. The fourth-order valence-electron chi connectivity index (χ4n) is 1.88. The molecule has 0 spiro atoms. The Kier molecular flexibility index (Phi) is 4.98. The molecule has 0 aromatic heterocycles. The summed E-state index contributed by atoms with van der Waals surface area (Å²) < 4.78 is 19.6. The zero-order valence-electron chi connectivity index (χ0n) is 10.9. The molecule has 0 amide bonds. The largest absolute Gasteiger partial charge is 0.494 e. The van der Waals surface area contributed by atoms with Crippen LogP contribution in [0.1, 0.15) is 11.6 Å². The molecule has 20 heavy (non-hydrogen) atoms. The van der Waals surface area contributed by atoms with Gasteiger partial charge in [0.2, 0.25) is 0 Å². The van der Waals surface area contributed by atoms with Crippen LogP contribution in [0.15, 0.2) is 46.9 Å². The summed E-state index contributed by atoms with van der Waals surface area (Å²) in [5.41, 5.74) is 1.51. The molecule has 2 rings (SSSR count). The molecular formula is C15H15BrFNO2. The van der Waals surface area contributed by atoms with Crippen molar-refractivity contribution < 1.29 is 14.2 Å². The van der Waals surface area contributed by atoms with Crippen LogP contribution in [-0.2, 0) is 0 Å². The van der Waals surface area contributed by atoms with Gasteiger partial charge in [0, 0.05) is 10.2 Å². The summed E-state index contributed by atoms with van der Waals surface area (Å²) in [6.07, 6.45) is 0. The standard InChI is InChI=1S/C15H15BrFNO2/c1-20-15-7-2-10(8-13(15)17)14(9-19)18-12-5-3-11(16)4-6-12/h2-8,14,18-19H,9H2,1H3. The van der Waals surface area contributed by atoms with Crippen LogP contribution < -0.4 is 10.1 Å². The Labute approximate surface area is 125 Å². The molecule has 3 nitrogen and oxygen atoms in total. The first-order chi connectivity index (χ1) is 9.63. The monoisotopic (exact) mass is 339 g/mol. The van der Waals surface area contributed by atoms with Gasteiger partial charge in [-0.15, -0.1) is 0 Å². The smallest absolute Gasteiger partial charge is 0.165 e. The first-order valence-electron chi connectivity index (χ1n) is 6.10. The van der Waals surface area contributed by atoms with Gasteiger partial charge in [0.15, 0.2) is 11.6 Å². The molecule has 2 aromatic carbocycles. The van der Waals surface area contributed by atoms with Crippen LogP contribution in [0.25, 0.3) is 0 Å². The molecular weight excluding hydrogens is 325 g/mol. The van der Waals surface area contributed by atoms with Gasteiger partial charge in [-0.05, 0) is 42.0 Å². The molecule has 1 unspecified atom stereocenters. The highest BCUT2D eigenvalue weighted by Gasteiger charge is 2.13. The van der Waals surface area contributed by atoms with Crippen LogP contribution in [-0.4, -0.2) is 18.8 Å². The van der Waals surface area contributed by atoms with Crippen molar-refractivity contribution in [2.75, 3.05) is 19.0 Å². The fourth-order valence-corrected chi connectivity index (χ4v) is 2.15. The second kappa shape index (κ2) is 6.72. The van der Waals surface area contributed by atoms with E-state index in [1.165, 1.54) is 13.2 Å².